The average molecular weight is 444 g/mol. The summed E-state index contributed by atoms with van der Waals surface area (Å²) >= 11 is 0. The van der Waals surface area contributed by atoms with E-state index < -0.39 is 42.4 Å². The first kappa shape index (κ1) is 30.0. The minimum atomic E-state index is -4.56. The molecule has 0 saturated heterocycles. The largest absolute Gasteiger partial charge is 0.444 e. The average Bonchev–Trinajstić information content (AvgIpc) is 2.65. The Bertz CT molecular complexity index is 590. The van der Waals surface area contributed by atoms with Gasteiger partial charge in [0, 0.05) is 25.0 Å². The Labute approximate surface area is 175 Å². The fraction of sp³-hybridized carbons (Fsp3) is 0.737. The van der Waals surface area contributed by atoms with Gasteiger partial charge in [0.15, 0.2) is 0 Å². The highest BCUT2D eigenvalue weighted by Gasteiger charge is 2.31. The fourth-order valence-electron chi connectivity index (χ4n) is 1.82. The van der Waals surface area contributed by atoms with Gasteiger partial charge in [-0.25, -0.2) is 23.5 Å². The molecular formula is C19H33F5N4O2. The molecule has 1 amide bonds. The predicted molar refractivity (Wildman–Crippen MR) is 107 cm³/mol. The number of alkyl halides is 5. The van der Waals surface area contributed by atoms with Crippen molar-refractivity contribution in [2.45, 2.75) is 79.6 Å². The monoisotopic (exact) mass is 444 g/mol. The number of halogens is 5. The molecule has 1 atom stereocenters. The fourth-order valence-corrected chi connectivity index (χ4v) is 1.82. The first-order chi connectivity index (χ1) is 13.8. The van der Waals surface area contributed by atoms with Gasteiger partial charge in [-0.15, -0.1) is 0 Å². The van der Waals surface area contributed by atoms with Crippen LogP contribution in [0.5, 0.6) is 0 Å². The normalized spacial score (nSPS) is 12.1. The molecular weight excluding hydrogens is 411 g/mol. The predicted octanol–water partition coefficient (Wildman–Crippen LogP) is 5.85. The number of anilines is 1. The standard InChI is InChI=1S/C15H21F5N4O2.2C2H6/c1-9(24(8-11(16)17)13(25)26-14(2,3)4)5-21-12-22-6-10(7-23-12)15(18,19)20;2*1-2/h6-7,9,11H,5,8H2,1-4H3,(H,21,22,23);2*1-2H3/t9-;;/m0../s1. The zero-order valence-electron chi connectivity index (χ0n) is 18.8. The molecule has 0 bridgehead atoms. The third-order valence-electron chi connectivity index (χ3n) is 3.03. The molecule has 1 aromatic heterocycles. The molecule has 0 radical (unpaired) electrons. The second-order valence-electron chi connectivity index (χ2n) is 6.55. The number of hydrogen-bond donors (Lipinski definition) is 1. The molecule has 0 saturated carbocycles. The zero-order valence-corrected chi connectivity index (χ0v) is 18.8. The van der Waals surface area contributed by atoms with Gasteiger partial charge in [-0.1, -0.05) is 27.7 Å². The topological polar surface area (TPSA) is 67.4 Å². The maximum atomic E-state index is 12.8. The lowest BCUT2D eigenvalue weighted by molar-refractivity contribution is -0.138. The van der Waals surface area contributed by atoms with Gasteiger partial charge in [-0.3, -0.25) is 4.90 Å². The maximum absolute atomic E-state index is 12.8. The summed E-state index contributed by atoms with van der Waals surface area (Å²) in [6.45, 7) is 13.4. The summed E-state index contributed by atoms with van der Waals surface area (Å²) in [5, 5.41) is 2.61. The van der Waals surface area contributed by atoms with Crippen molar-refractivity contribution in [1.82, 2.24) is 14.9 Å². The van der Waals surface area contributed by atoms with E-state index in [1.54, 1.807) is 20.8 Å². The Morgan fingerprint density at radius 2 is 1.57 bits per heavy atom. The molecule has 0 fully saturated rings. The van der Waals surface area contributed by atoms with Gasteiger partial charge in [0.05, 0.1) is 12.1 Å². The zero-order chi connectivity index (χ0) is 24.1. The van der Waals surface area contributed by atoms with E-state index in [9.17, 15) is 26.7 Å². The maximum Gasteiger partial charge on any atom is 0.419 e. The Morgan fingerprint density at radius 1 is 1.10 bits per heavy atom. The van der Waals surface area contributed by atoms with Crippen molar-refractivity contribution in [3.05, 3.63) is 18.0 Å². The van der Waals surface area contributed by atoms with E-state index in [2.05, 4.69) is 15.3 Å². The molecule has 1 N–H and O–H groups in total. The number of nitrogens with zero attached hydrogens (tertiary/aromatic N) is 3. The van der Waals surface area contributed by atoms with Crippen LogP contribution in [-0.4, -0.2) is 52.1 Å². The Kier molecular flexibility index (Phi) is 13.9. The summed E-state index contributed by atoms with van der Waals surface area (Å²) in [5.41, 5.74) is -1.87. The number of aromatic nitrogens is 2. The smallest absolute Gasteiger partial charge is 0.419 e. The minimum absolute atomic E-state index is 0.0582. The number of nitrogens with one attached hydrogen (secondary N) is 1. The van der Waals surface area contributed by atoms with E-state index in [4.69, 9.17) is 4.74 Å². The van der Waals surface area contributed by atoms with Crippen LogP contribution in [0.3, 0.4) is 0 Å². The number of ether oxygens (including phenoxy) is 1. The van der Waals surface area contributed by atoms with Crippen molar-refractivity contribution < 1.29 is 31.5 Å². The molecule has 30 heavy (non-hydrogen) atoms. The van der Waals surface area contributed by atoms with Gasteiger partial charge >= 0.3 is 12.3 Å². The molecule has 1 heterocycles. The van der Waals surface area contributed by atoms with E-state index in [0.29, 0.717) is 12.4 Å². The van der Waals surface area contributed by atoms with Crippen molar-refractivity contribution in [1.29, 1.82) is 0 Å². The summed E-state index contributed by atoms with van der Waals surface area (Å²) in [6.07, 6.45) is -7.04. The van der Waals surface area contributed by atoms with Crippen LogP contribution in [0.4, 0.5) is 32.7 Å². The second-order valence-corrected chi connectivity index (χ2v) is 6.55. The summed E-state index contributed by atoms with van der Waals surface area (Å²) in [4.78, 5) is 20.0. The number of amides is 1. The molecule has 1 aromatic rings. The van der Waals surface area contributed by atoms with Gasteiger partial charge in [0.1, 0.15) is 5.60 Å². The van der Waals surface area contributed by atoms with Gasteiger partial charge in [-0.05, 0) is 27.7 Å². The lowest BCUT2D eigenvalue weighted by Crippen LogP contribution is -2.47. The summed E-state index contributed by atoms with van der Waals surface area (Å²) in [7, 11) is 0. The Balaban J connectivity index is 0. The highest BCUT2D eigenvalue weighted by Crippen LogP contribution is 2.28. The van der Waals surface area contributed by atoms with Crippen LogP contribution in [-0.2, 0) is 10.9 Å². The molecule has 0 aromatic carbocycles. The number of carbonyl (C=O) groups excluding carboxylic acids is 1. The molecule has 6 nitrogen and oxygen atoms in total. The number of hydrogen-bond acceptors (Lipinski definition) is 5. The van der Waals surface area contributed by atoms with Crippen molar-refractivity contribution in [3.63, 3.8) is 0 Å². The molecule has 0 aliphatic rings. The third-order valence-corrected chi connectivity index (χ3v) is 3.03. The molecule has 0 aliphatic carbocycles. The van der Waals surface area contributed by atoms with Crippen LogP contribution in [0.15, 0.2) is 12.4 Å². The first-order valence-corrected chi connectivity index (χ1v) is 9.70. The molecule has 1 rings (SSSR count). The van der Waals surface area contributed by atoms with E-state index >= 15 is 0 Å². The first-order valence-electron chi connectivity index (χ1n) is 9.70. The summed E-state index contributed by atoms with van der Waals surface area (Å²) in [6, 6.07) is -0.746. The van der Waals surface area contributed by atoms with Crippen molar-refractivity contribution in [2.24, 2.45) is 0 Å². The molecule has 0 aliphatic heterocycles. The summed E-state index contributed by atoms with van der Waals surface area (Å²) < 4.78 is 68.0. The van der Waals surface area contributed by atoms with E-state index in [1.807, 2.05) is 27.7 Å². The van der Waals surface area contributed by atoms with Crippen LogP contribution in [0.25, 0.3) is 0 Å². The highest BCUT2D eigenvalue weighted by molar-refractivity contribution is 5.68. The van der Waals surface area contributed by atoms with Crippen molar-refractivity contribution >= 4 is 12.0 Å². The van der Waals surface area contributed by atoms with E-state index in [1.165, 1.54) is 6.92 Å². The summed E-state index contributed by atoms with van der Waals surface area (Å²) in [5.74, 6) is -0.119. The van der Waals surface area contributed by atoms with E-state index in [0.717, 1.165) is 4.90 Å². The molecule has 0 unspecified atom stereocenters. The van der Waals surface area contributed by atoms with Crippen LogP contribution in [0.2, 0.25) is 0 Å². The lowest BCUT2D eigenvalue weighted by atomic mass is 10.2. The number of rotatable bonds is 6. The number of carbonyl (C=O) groups is 1. The van der Waals surface area contributed by atoms with Gasteiger partial charge < -0.3 is 10.1 Å². The van der Waals surface area contributed by atoms with Crippen LogP contribution in [0.1, 0.15) is 61.0 Å². The van der Waals surface area contributed by atoms with Gasteiger partial charge in [-0.2, -0.15) is 13.2 Å². The van der Waals surface area contributed by atoms with Crippen LogP contribution in [0, 0.1) is 0 Å². The third kappa shape index (κ3) is 12.4. The van der Waals surface area contributed by atoms with Gasteiger partial charge in [0.2, 0.25) is 5.95 Å². The Hall–Kier alpha value is -2.20. The van der Waals surface area contributed by atoms with Crippen molar-refractivity contribution in [3.8, 4) is 0 Å². The minimum Gasteiger partial charge on any atom is -0.444 e. The molecule has 176 valence electrons. The quantitative estimate of drug-likeness (QED) is 0.558. The SMILES string of the molecule is CC.CC.C[C@@H](CNc1ncc(C(F)(F)F)cn1)N(CC(F)F)C(=O)OC(C)(C)C. The second kappa shape index (κ2) is 13.9. The van der Waals surface area contributed by atoms with Crippen LogP contribution >= 0.6 is 0 Å². The van der Waals surface area contributed by atoms with Crippen molar-refractivity contribution in [2.75, 3.05) is 18.4 Å². The lowest BCUT2D eigenvalue weighted by Gasteiger charge is -2.31. The highest BCUT2D eigenvalue weighted by atomic mass is 19.4. The molecule has 0 spiro atoms. The van der Waals surface area contributed by atoms with Crippen LogP contribution < -0.4 is 5.32 Å². The molecule has 11 heteroatoms. The Morgan fingerprint density at radius 3 is 1.93 bits per heavy atom. The van der Waals surface area contributed by atoms with E-state index in [-0.39, 0.29) is 12.5 Å². The van der Waals surface area contributed by atoms with Gasteiger partial charge in [0.25, 0.3) is 6.43 Å².